The van der Waals surface area contributed by atoms with Crippen molar-refractivity contribution in [3.63, 3.8) is 0 Å². The van der Waals surface area contributed by atoms with Gasteiger partial charge in [0.2, 0.25) is 0 Å². The van der Waals surface area contributed by atoms with Gasteiger partial charge in [-0.3, -0.25) is 0 Å². The van der Waals surface area contributed by atoms with E-state index in [1.165, 1.54) is 2.37 Å². The van der Waals surface area contributed by atoms with Crippen molar-refractivity contribution in [2.24, 2.45) is 0 Å². The van der Waals surface area contributed by atoms with Gasteiger partial charge < -0.3 is 0 Å². The van der Waals surface area contributed by atoms with Crippen LogP contribution in [0.1, 0.15) is 23.0 Å². The minimum absolute atomic E-state index is 0.110. The number of benzene rings is 2. The van der Waals surface area contributed by atoms with Crippen LogP contribution in [0.5, 0.6) is 11.5 Å². The van der Waals surface area contributed by atoms with Gasteiger partial charge in [-0.25, -0.2) is 0 Å². The Morgan fingerprint density at radius 3 is 2.76 bits per heavy atom. The van der Waals surface area contributed by atoms with Crippen LogP contribution >= 0.6 is 0 Å². The summed E-state index contributed by atoms with van der Waals surface area (Å²) in [4.78, 5) is 14.5. The molecule has 1 amide bonds. The molecule has 0 N–H and O–H groups in total. The summed E-state index contributed by atoms with van der Waals surface area (Å²) in [6.07, 6.45) is 0. The number of ether oxygens (including phenoxy) is 1. The minimum atomic E-state index is -0.110. The Hall–Kier alpha value is -1.19. The van der Waals surface area contributed by atoms with Crippen molar-refractivity contribution in [1.82, 2.24) is 4.90 Å². The van der Waals surface area contributed by atoms with Gasteiger partial charge in [-0.05, 0) is 0 Å². The molecular weight excluding hydrogens is 339 g/mol. The zero-order valence-electron chi connectivity index (χ0n) is 11.7. The van der Waals surface area contributed by atoms with E-state index in [0.717, 1.165) is 60.1 Å². The normalized spacial score (nSPS) is 22.9. The Balaban J connectivity index is 1.98. The van der Waals surface area contributed by atoms with Gasteiger partial charge in [0.25, 0.3) is 0 Å². The van der Waals surface area contributed by atoms with E-state index >= 15 is 0 Å². The molecule has 2 atom stereocenters. The molecule has 0 aromatic heterocycles. The van der Waals surface area contributed by atoms with Gasteiger partial charge in [-0.15, -0.1) is 0 Å². The van der Waals surface area contributed by atoms with Crippen molar-refractivity contribution in [2.45, 2.75) is 11.8 Å². The first-order valence-corrected chi connectivity index (χ1v) is 8.48. The van der Waals surface area contributed by atoms with Crippen LogP contribution in [0, 0.1) is 0 Å². The number of nitrogens with zero attached hydrogens (tertiary/aromatic N) is 1. The van der Waals surface area contributed by atoms with Crippen molar-refractivity contribution in [3.05, 3.63) is 53.6 Å². The zero-order chi connectivity index (χ0) is 14.6. The van der Waals surface area contributed by atoms with Gasteiger partial charge in [0, 0.05) is 0 Å². The molecular formula is C17H14NO2Y. The van der Waals surface area contributed by atoms with E-state index in [0.29, 0.717) is 0 Å². The third-order valence-electron chi connectivity index (χ3n) is 4.42. The van der Waals surface area contributed by atoms with Crippen LogP contribution in [0.3, 0.4) is 0 Å². The van der Waals surface area contributed by atoms with Crippen LogP contribution in [0.25, 0.3) is 0 Å². The summed E-state index contributed by atoms with van der Waals surface area (Å²) in [6, 6.07) is 14.4. The topological polar surface area (TPSA) is 29.5 Å². The summed E-state index contributed by atoms with van der Waals surface area (Å²) in [6.45, 7) is 0.758. The fourth-order valence-electron chi connectivity index (χ4n) is 3.43. The fourth-order valence-corrected chi connectivity index (χ4v) is 4.11. The first-order chi connectivity index (χ1) is 10.1. The van der Waals surface area contributed by atoms with E-state index < -0.39 is 0 Å². The number of carbonyl (C=O) groups is 1. The standard InChI is InChI=1S/C17H14NO2.Y/c1-18-10-13-11-6-2-4-8-14(11)20-15-9-5-3-7-12(15)16(13)17(18)19;/h2,4-9,13,16H,10H2,1H3;. The Kier molecular flexibility index (Phi) is 3.16. The third-order valence-corrected chi connectivity index (χ3v) is 5.31. The maximum atomic E-state index is 12.7. The quantitative estimate of drug-likeness (QED) is 0.728. The summed E-state index contributed by atoms with van der Waals surface area (Å²) in [5, 5.41) is 0. The predicted molar refractivity (Wildman–Crippen MR) is 75.7 cm³/mol. The number of fused-ring (bicyclic) bond motifs is 5. The molecule has 2 aliphatic rings. The molecule has 2 aliphatic heterocycles. The van der Waals surface area contributed by atoms with Gasteiger partial charge in [-0.1, -0.05) is 0 Å². The summed E-state index contributed by atoms with van der Waals surface area (Å²) < 4.78 is 7.41. The molecule has 102 valence electrons. The first kappa shape index (κ1) is 13.5. The van der Waals surface area contributed by atoms with Gasteiger partial charge in [0.15, 0.2) is 0 Å². The Morgan fingerprint density at radius 1 is 1.14 bits per heavy atom. The molecule has 0 radical (unpaired) electrons. The number of para-hydroxylation sites is 1. The number of hydrogen-bond acceptors (Lipinski definition) is 2. The molecule has 0 spiro atoms. The molecule has 2 heterocycles. The summed E-state index contributed by atoms with van der Waals surface area (Å²) in [7, 11) is 1.89. The molecule has 1 fully saturated rings. The molecule has 0 bridgehead atoms. The first-order valence-electron chi connectivity index (χ1n) is 7.06. The Labute approximate surface area is 143 Å². The summed E-state index contributed by atoms with van der Waals surface area (Å²) in [5.74, 6) is 1.99. The maximum absolute atomic E-state index is 12.7. The van der Waals surface area contributed by atoms with Crippen LogP contribution in [0.15, 0.2) is 42.5 Å². The van der Waals surface area contributed by atoms with E-state index in [2.05, 4.69) is 18.2 Å². The molecule has 0 aliphatic carbocycles. The van der Waals surface area contributed by atoms with Crippen molar-refractivity contribution in [3.8, 4) is 11.5 Å². The molecule has 2 aromatic carbocycles. The number of likely N-dealkylation sites (N-methyl/N-ethyl adjacent to an activating group) is 1. The van der Waals surface area contributed by atoms with Crippen LogP contribution in [-0.2, 0) is 35.7 Å². The van der Waals surface area contributed by atoms with Gasteiger partial charge >= 0.3 is 144 Å². The second-order valence-corrected chi connectivity index (χ2v) is 7.38. The van der Waals surface area contributed by atoms with Gasteiger partial charge in [0.1, 0.15) is 0 Å². The molecule has 1 saturated heterocycles. The van der Waals surface area contributed by atoms with E-state index in [-0.39, 0.29) is 17.7 Å². The summed E-state index contributed by atoms with van der Waals surface area (Å²) in [5.41, 5.74) is 2.20. The number of hydrogen-bond donors (Lipinski definition) is 0. The van der Waals surface area contributed by atoms with Crippen molar-refractivity contribution in [2.75, 3.05) is 13.6 Å². The molecule has 2 unspecified atom stereocenters. The van der Waals surface area contributed by atoms with Crippen LogP contribution in [-0.4, -0.2) is 24.4 Å². The summed E-state index contributed by atoms with van der Waals surface area (Å²) >= 11 is 1.05. The molecule has 0 saturated carbocycles. The third kappa shape index (κ3) is 2.06. The van der Waals surface area contributed by atoms with Crippen LogP contribution in [0.4, 0.5) is 0 Å². The van der Waals surface area contributed by atoms with Crippen molar-refractivity contribution in [1.29, 1.82) is 0 Å². The predicted octanol–water partition coefficient (Wildman–Crippen LogP) is 2.30. The second kappa shape index (κ2) is 4.93. The fraction of sp³-hybridized carbons (Fsp3) is 0.235. The molecule has 21 heavy (non-hydrogen) atoms. The Bertz CT molecular complexity index is 743. The number of carbonyl (C=O) groups excluding carboxylic acids is 1. The Morgan fingerprint density at radius 2 is 1.90 bits per heavy atom. The molecule has 2 aromatic rings. The van der Waals surface area contributed by atoms with Crippen LogP contribution in [0.2, 0.25) is 0 Å². The van der Waals surface area contributed by atoms with Crippen molar-refractivity contribution < 1.29 is 40.5 Å². The average Bonchev–Trinajstić information content (AvgIpc) is 2.70. The second-order valence-electron chi connectivity index (χ2n) is 5.74. The van der Waals surface area contributed by atoms with Gasteiger partial charge in [0.05, 0.1) is 0 Å². The van der Waals surface area contributed by atoms with Crippen LogP contribution < -0.4 is 7.11 Å². The zero-order valence-corrected chi connectivity index (χ0v) is 14.6. The van der Waals surface area contributed by atoms with E-state index in [9.17, 15) is 4.79 Å². The van der Waals surface area contributed by atoms with E-state index in [4.69, 9.17) is 4.74 Å². The average molecular weight is 353 g/mol. The molecule has 4 heteroatoms. The van der Waals surface area contributed by atoms with E-state index in [1.54, 1.807) is 0 Å². The SMILES string of the molecule is CN1CC2c3ccccc3Oc3cc[c]([Y])cc3C2C1=O. The van der Waals surface area contributed by atoms with E-state index in [1.807, 2.05) is 36.2 Å². The molecule has 4 rings (SSSR count). The van der Waals surface area contributed by atoms with Gasteiger partial charge in [-0.2, -0.15) is 0 Å². The number of likely N-dealkylation sites (tertiary alicyclic amines) is 1. The molecule has 3 nitrogen and oxygen atoms in total. The van der Waals surface area contributed by atoms with Crippen molar-refractivity contribution >= 4 is 8.28 Å². The monoisotopic (exact) mass is 353 g/mol. The number of amides is 1. The number of rotatable bonds is 0.